The van der Waals surface area contributed by atoms with Gasteiger partial charge in [0.2, 0.25) is 0 Å². The van der Waals surface area contributed by atoms with E-state index < -0.39 is 11.9 Å². The Morgan fingerprint density at radius 3 is 2.82 bits per heavy atom. The number of carbonyl (C=O) groups is 2. The van der Waals surface area contributed by atoms with Gasteiger partial charge in [-0.25, -0.2) is 4.79 Å². The van der Waals surface area contributed by atoms with E-state index >= 15 is 0 Å². The Balaban J connectivity index is 1.74. The fourth-order valence-electron chi connectivity index (χ4n) is 1.52. The molecule has 8 heteroatoms. The van der Waals surface area contributed by atoms with Gasteiger partial charge < -0.3 is 10.1 Å². The molecule has 0 fully saturated rings. The monoisotopic (exact) mass is 402 g/mol. The van der Waals surface area contributed by atoms with Gasteiger partial charge in [-0.15, -0.1) is 11.3 Å². The molecule has 116 valence electrons. The first kappa shape index (κ1) is 16.8. The van der Waals surface area contributed by atoms with E-state index in [2.05, 4.69) is 26.6 Å². The van der Waals surface area contributed by atoms with Gasteiger partial charge in [0, 0.05) is 9.90 Å². The third-order valence-corrected chi connectivity index (χ3v) is 4.24. The molecule has 5 nitrogen and oxygen atoms in total. The Morgan fingerprint density at radius 2 is 2.14 bits per heavy atom. The van der Waals surface area contributed by atoms with Crippen LogP contribution in [0.25, 0.3) is 0 Å². The van der Waals surface area contributed by atoms with Crippen LogP contribution >= 0.6 is 38.9 Å². The number of imide groups is 1. The molecule has 0 unspecified atom stereocenters. The zero-order chi connectivity index (χ0) is 15.9. The smallest absolute Gasteiger partial charge is 0.321 e. The largest absolute Gasteiger partial charge is 0.483 e. The fraction of sp³-hybridized carbons (Fsp3) is 0.143. The quantitative estimate of drug-likeness (QED) is 0.802. The van der Waals surface area contributed by atoms with Gasteiger partial charge in [-0.05, 0) is 45.6 Å². The molecule has 2 rings (SSSR count). The molecule has 0 saturated carbocycles. The van der Waals surface area contributed by atoms with E-state index in [0.717, 1.165) is 4.88 Å². The Labute approximate surface area is 144 Å². The number of nitrogens with one attached hydrogen (secondary N) is 2. The molecule has 2 N–H and O–H groups in total. The topological polar surface area (TPSA) is 67.4 Å². The highest BCUT2D eigenvalue weighted by Gasteiger charge is 2.10. The summed E-state index contributed by atoms with van der Waals surface area (Å²) in [6, 6.07) is 8.17. The summed E-state index contributed by atoms with van der Waals surface area (Å²) in [4.78, 5) is 24.2. The molecule has 0 atom stereocenters. The van der Waals surface area contributed by atoms with Crippen LogP contribution in [-0.2, 0) is 11.3 Å². The number of rotatable bonds is 5. The third kappa shape index (κ3) is 5.32. The van der Waals surface area contributed by atoms with Crippen LogP contribution in [0, 0.1) is 0 Å². The Bertz CT molecular complexity index is 664. The number of amides is 3. The number of thiophene rings is 1. The van der Waals surface area contributed by atoms with Crippen molar-refractivity contribution < 1.29 is 14.3 Å². The lowest BCUT2D eigenvalue weighted by Gasteiger charge is -2.09. The van der Waals surface area contributed by atoms with E-state index in [4.69, 9.17) is 16.3 Å². The van der Waals surface area contributed by atoms with Crippen molar-refractivity contribution in [1.82, 2.24) is 10.6 Å². The van der Waals surface area contributed by atoms with Crippen molar-refractivity contribution >= 4 is 50.8 Å². The van der Waals surface area contributed by atoms with E-state index in [1.807, 2.05) is 17.5 Å². The van der Waals surface area contributed by atoms with Crippen LogP contribution < -0.4 is 15.4 Å². The molecule has 1 aromatic carbocycles. The van der Waals surface area contributed by atoms with Crippen molar-refractivity contribution in [3.63, 3.8) is 0 Å². The highest BCUT2D eigenvalue weighted by molar-refractivity contribution is 9.10. The summed E-state index contributed by atoms with van der Waals surface area (Å²) in [6.45, 7) is 0.104. The molecule has 0 radical (unpaired) electrons. The normalized spacial score (nSPS) is 10.1. The second kappa shape index (κ2) is 8.17. The SMILES string of the molecule is O=C(COc1ccc(Cl)cc1Br)NC(=O)NCc1cccs1. The van der Waals surface area contributed by atoms with E-state index in [1.54, 1.807) is 18.2 Å². The maximum absolute atomic E-state index is 11.6. The Morgan fingerprint density at radius 1 is 1.32 bits per heavy atom. The fourth-order valence-corrected chi connectivity index (χ4v) is 2.96. The van der Waals surface area contributed by atoms with Gasteiger partial charge in [0.15, 0.2) is 6.61 Å². The maximum Gasteiger partial charge on any atom is 0.321 e. The van der Waals surface area contributed by atoms with Gasteiger partial charge in [-0.2, -0.15) is 0 Å². The van der Waals surface area contributed by atoms with Gasteiger partial charge in [-0.3, -0.25) is 10.1 Å². The average Bonchev–Trinajstić information content (AvgIpc) is 2.97. The van der Waals surface area contributed by atoms with Crippen molar-refractivity contribution in [3.05, 3.63) is 50.1 Å². The molecule has 1 aromatic heterocycles. The number of halogens is 2. The van der Waals surface area contributed by atoms with E-state index in [9.17, 15) is 9.59 Å². The van der Waals surface area contributed by atoms with E-state index in [-0.39, 0.29) is 6.61 Å². The first-order chi connectivity index (χ1) is 10.5. The van der Waals surface area contributed by atoms with Crippen molar-refractivity contribution in [1.29, 1.82) is 0 Å². The van der Waals surface area contributed by atoms with E-state index in [1.165, 1.54) is 11.3 Å². The standard InChI is InChI=1S/C14H12BrClN2O3S/c15-11-6-9(16)3-4-12(11)21-8-13(19)18-14(20)17-7-10-2-1-5-22-10/h1-6H,7-8H2,(H2,17,18,19,20). The van der Waals surface area contributed by atoms with Crippen LogP contribution in [-0.4, -0.2) is 18.5 Å². The summed E-state index contributed by atoms with van der Waals surface area (Å²) < 4.78 is 5.94. The molecule has 1 heterocycles. The van der Waals surface area contributed by atoms with Crippen molar-refractivity contribution in [2.75, 3.05) is 6.61 Å². The van der Waals surface area contributed by atoms with Gasteiger partial charge in [-0.1, -0.05) is 17.7 Å². The maximum atomic E-state index is 11.6. The average molecular weight is 404 g/mol. The lowest BCUT2D eigenvalue weighted by molar-refractivity contribution is -0.122. The number of carbonyl (C=O) groups excluding carboxylic acids is 2. The summed E-state index contributed by atoms with van der Waals surface area (Å²) in [5.74, 6) is -0.0657. The number of benzene rings is 1. The lowest BCUT2D eigenvalue weighted by Crippen LogP contribution is -2.41. The van der Waals surface area contributed by atoms with Gasteiger partial charge in [0.25, 0.3) is 5.91 Å². The van der Waals surface area contributed by atoms with Crippen LogP contribution in [0.3, 0.4) is 0 Å². The summed E-state index contributed by atoms with van der Waals surface area (Å²) in [6.07, 6.45) is 0. The minimum atomic E-state index is -0.558. The zero-order valence-electron chi connectivity index (χ0n) is 11.3. The molecular formula is C14H12BrClN2O3S. The second-order valence-electron chi connectivity index (χ2n) is 4.17. The summed E-state index contributed by atoms with van der Waals surface area (Å²) in [5, 5.41) is 7.25. The molecule has 0 aliphatic rings. The second-order valence-corrected chi connectivity index (χ2v) is 6.50. The van der Waals surface area contributed by atoms with Crippen LogP contribution in [0.5, 0.6) is 5.75 Å². The zero-order valence-corrected chi connectivity index (χ0v) is 14.4. The lowest BCUT2D eigenvalue weighted by atomic mass is 10.3. The van der Waals surface area contributed by atoms with Crippen molar-refractivity contribution in [3.8, 4) is 5.75 Å². The van der Waals surface area contributed by atoms with Crippen molar-refractivity contribution in [2.24, 2.45) is 0 Å². The van der Waals surface area contributed by atoms with Crippen LogP contribution in [0.2, 0.25) is 5.02 Å². The highest BCUT2D eigenvalue weighted by atomic mass is 79.9. The van der Waals surface area contributed by atoms with Crippen molar-refractivity contribution in [2.45, 2.75) is 6.54 Å². The third-order valence-electron chi connectivity index (χ3n) is 2.51. The van der Waals surface area contributed by atoms with E-state index in [0.29, 0.717) is 21.8 Å². The number of hydrogen-bond donors (Lipinski definition) is 2. The first-order valence-corrected chi connectivity index (χ1v) is 8.27. The predicted molar refractivity (Wildman–Crippen MR) is 89.3 cm³/mol. The van der Waals surface area contributed by atoms with Crippen LogP contribution in [0.1, 0.15) is 4.88 Å². The van der Waals surface area contributed by atoms with Gasteiger partial charge >= 0.3 is 6.03 Å². The highest BCUT2D eigenvalue weighted by Crippen LogP contribution is 2.27. The number of hydrogen-bond acceptors (Lipinski definition) is 4. The molecule has 22 heavy (non-hydrogen) atoms. The summed E-state index contributed by atoms with van der Waals surface area (Å²) in [5.41, 5.74) is 0. The number of urea groups is 1. The Hall–Kier alpha value is -1.57. The van der Waals surface area contributed by atoms with Crippen LogP contribution in [0.15, 0.2) is 40.2 Å². The molecular weight excluding hydrogens is 392 g/mol. The van der Waals surface area contributed by atoms with Crippen LogP contribution in [0.4, 0.5) is 4.79 Å². The molecule has 0 aliphatic heterocycles. The molecule has 0 bridgehead atoms. The minimum Gasteiger partial charge on any atom is -0.483 e. The van der Waals surface area contributed by atoms with Gasteiger partial charge in [0.05, 0.1) is 11.0 Å². The molecule has 0 aliphatic carbocycles. The minimum absolute atomic E-state index is 0.271. The first-order valence-electron chi connectivity index (χ1n) is 6.22. The molecule has 0 saturated heterocycles. The Kier molecular flexibility index (Phi) is 6.23. The molecule has 0 spiro atoms. The summed E-state index contributed by atoms with van der Waals surface area (Å²) >= 11 is 10.6. The summed E-state index contributed by atoms with van der Waals surface area (Å²) in [7, 11) is 0. The molecule has 3 amide bonds. The molecule has 2 aromatic rings. The number of ether oxygens (including phenoxy) is 1. The van der Waals surface area contributed by atoms with Gasteiger partial charge in [0.1, 0.15) is 5.75 Å². The predicted octanol–water partition coefficient (Wildman–Crippen LogP) is 3.57.